The molecule has 1 aromatic carbocycles. The molecule has 198 valence electrons. The van der Waals surface area contributed by atoms with Crippen LogP contribution in [-0.2, 0) is 25.5 Å². The van der Waals surface area contributed by atoms with Gasteiger partial charge in [-0.05, 0) is 75.4 Å². The average molecular weight is 499 g/mol. The maximum absolute atomic E-state index is 13.8. The molecule has 0 aromatic heterocycles. The third-order valence-electron chi connectivity index (χ3n) is 8.48. The highest BCUT2D eigenvalue weighted by Gasteiger charge is 2.47. The SMILES string of the molecule is NC(=O)C1(C(=O)N[C@H](Cc2ccccc2)C(=O)NC(CC2CCOCC2)C2CCNCC2)CCCC1. The Bertz CT molecular complexity index is 875. The van der Waals surface area contributed by atoms with Crippen molar-refractivity contribution in [3.63, 3.8) is 0 Å². The molecule has 0 bridgehead atoms. The monoisotopic (exact) mass is 498 g/mol. The van der Waals surface area contributed by atoms with Crippen LogP contribution >= 0.6 is 0 Å². The first-order valence-electron chi connectivity index (χ1n) is 13.7. The van der Waals surface area contributed by atoms with Crippen LogP contribution in [0.3, 0.4) is 0 Å². The first kappa shape index (κ1) is 26.6. The lowest BCUT2D eigenvalue weighted by molar-refractivity contribution is -0.143. The fraction of sp³-hybridized carbons (Fsp3) is 0.679. The lowest BCUT2D eigenvalue weighted by atomic mass is 9.82. The first-order chi connectivity index (χ1) is 17.5. The summed E-state index contributed by atoms with van der Waals surface area (Å²) in [5, 5.41) is 9.73. The van der Waals surface area contributed by atoms with Gasteiger partial charge < -0.3 is 26.4 Å². The zero-order valence-electron chi connectivity index (χ0n) is 21.3. The Hall–Kier alpha value is -2.45. The molecule has 0 spiro atoms. The molecule has 3 aliphatic rings. The molecule has 5 N–H and O–H groups in total. The molecule has 1 aromatic rings. The molecule has 36 heavy (non-hydrogen) atoms. The lowest BCUT2D eigenvalue weighted by Gasteiger charge is -2.36. The van der Waals surface area contributed by atoms with Crippen molar-refractivity contribution >= 4 is 17.7 Å². The van der Waals surface area contributed by atoms with Crippen molar-refractivity contribution < 1.29 is 19.1 Å². The number of amides is 3. The minimum atomic E-state index is -1.22. The van der Waals surface area contributed by atoms with E-state index in [1.165, 1.54) is 0 Å². The summed E-state index contributed by atoms with van der Waals surface area (Å²) in [6.45, 7) is 3.46. The molecule has 1 unspecified atom stereocenters. The van der Waals surface area contributed by atoms with Crippen LogP contribution < -0.4 is 21.7 Å². The molecule has 1 aliphatic carbocycles. The normalized spacial score (nSPS) is 22.4. The number of ether oxygens (including phenoxy) is 1. The second-order valence-corrected chi connectivity index (χ2v) is 10.9. The van der Waals surface area contributed by atoms with Crippen molar-refractivity contribution in [1.82, 2.24) is 16.0 Å². The van der Waals surface area contributed by atoms with Gasteiger partial charge in [-0.25, -0.2) is 0 Å². The van der Waals surface area contributed by atoms with Crippen LogP contribution in [0.2, 0.25) is 0 Å². The van der Waals surface area contributed by atoms with Crippen LogP contribution in [-0.4, -0.2) is 56.1 Å². The predicted octanol–water partition coefficient (Wildman–Crippen LogP) is 2.06. The third-order valence-corrected chi connectivity index (χ3v) is 8.48. The van der Waals surface area contributed by atoms with E-state index in [4.69, 9.17) is 10.5 Å². The topological polar surface area (TPSA) is 123 Å². The third kappa shape index (κ3) is 6.65. The fourth-order valence-corrected chi connectivity index (χ4v) is 6.16. The molecule has 8 heteroatoms. The molecule has 8 nitrogen and oxygen atoms in total. The van der Waals surface area contributed by atoms with Gasteiger partial charge in [0.1, 0.15) is 11.5 Å². The predicted molar refractivity (Wildman–Crippen MR) is 138 cm³/mol. The van der Waals surface area contributed by atoms with Gasteiger partial charge in [-0.3, -0.25) is 14.4 Å². The van der Waals surface area contributed by atoms with Crippen LogP contribution in [0.15, 0.2) is 30.3 Å². The smallest absolute Gasteiger partial charge is 0.243 e. The van der Waals surface area contributed by atoms with Crippen molar-refractivity contribution in [3.8, 4) is 0 Å². The second kappa shape index (κ2) is 12.7. The van der Waals surface area contributed by atoms with Crippen molar-refractivity contribution in [2.24, 2.45) is 23.0 Å². The van der Waals surface area contributed by atoms with E-state index in [9.17, 15) is 14.4 Å². The average Bonchev–Trinajstić information content (AvgIpc) is 3.41. The highest BCUT2D eigenvalue weighted by Crippen LogP contribution is 2.38. The molecule has 1 saturated carbocycles. The number of benzene rings is 1. The summed E-state index contributed by atoms with van der Waals surface area (Å²) < 4.78 is 5.55. The summed E-state index contributed by atoms with van der Waals surface area (Å²) in [5.74, 6) is -0.258. The number of hydrogen-bond acceptors (Lipinski definition) is 5. The highest BCUT2D eigenvalue weighted by atomic mass is 16.5. The van der Waals surface area contributed by atoms with E-state index in [0.29, 0.717) is 31.1 Å². The van der Waals surface area contributed by atoms with Gasteiger partial charge in [-0.2, -0.15) is 0 Å². The number of primary amides is 1. The van der Waals surface area contributed by atoms with Crippen LogP contribution in [0.25, 0.3) is 0 Å². The zero-order valence-corrected chi connectivity index (χ0v) is 21.3. The van der Waals surface area contributed by atoms with Gasteiger partial charge in [0.15, 0.2) is 0 Å². The molecule has 3 fully saturated rings. The summed E-state index contributed by atoms with van der Waals surface area (Å²) in [7, 11) is 0. The van der Waals surface area contributed by atoms with Crippen molar-refractivity contribution in [3.05, 3.63) is 35.9 Å². The summed E-state index contributed by atoms with van der Waals surface area (Å²) >= 11 is 0. The molecule has 4 rings (SSSR count). The number of hydrogen-bond donors (Lipinski definition) is 4. The quantitative estimate of drug-likeness (QED) is 0.368. The first-order valence-corrected chi connectivity index (χ1v) is 13.7. The van der Waals surface area contributed by atoms with Gasteiger partial charge in [0, 0.05) is 25.7 Å². The Morgan fingerprint density at radius 2 is 1.67 bits per heavy atom. The molecule has 0 radical (unpaired) electrons. The Morgan fingerprint density at radius 1 is 1.00 bits per heavy atom. The Balaban J connectivity index is 1.51. The fourth-order valence-electron chi connectivity index (χ4n) is 6.16. The molecule has 3 amide bonds. The van der Waals surface area contributed by atoms with Gasteiger partial charge >= 0.3 is 0 Å². The van der Waals surface area contributed by atoms with Crippen LogP contribution in [0.4, 0.5) is 0 Å². The van der Waals surface area contributed by atoms with E-state index in [0.717, 1.165) is 76.8 Å². The van der Waals surface area contributed by atoms with Crippen molar-refractivity contribution in [2.45, 2.75) is 76.3 Å². The molecular weight excluding hydrogens is 456 g/mol. The number of nitrogens with one attached hydrogen (secondary N) is 3. The Labute approximate surface area is 214 Å². The maximum atomic E-state index is 13.8. The summed E-state index contributed by atoms with van der Waals surface area (Å²) in [4.78, 5) is 39.5. The van der Waals surface area contributed by atoms with E-state index in [1.54, 1.807) is 0 Å². The number of carbonyl (C=O) groups is 3. The largest absolute Gasteiger partial charge is 0.381 e. The molecule has 2 atom stereocenters. The van der Waals surface area contributed by atoms with Crippen molar-refractivity contribution in [2.75, 3.05) is 26.3 Å². The van der Waals surface area contributed by atoms with Gasteiger partial charge in [-0.15, -0.1) is 0 Å². The molecule has 2 heterocycles. The van der Waals surface area contributed by atoms with Gasteiger partial charge in [0.05, 0.1) is 0 Å². The second-order valence-electron chi connectivity index (χ2n) is 10.9. The number of carbonyl (C=O) groups excluding carboxylic acids is 3. The summed E-state index contributed by atoms with van der Waals surface area (Å²) in [6, 6.07) is 8.98. The van der Waals surface area contributed by atoms with E-state index >= 15 is 0 Å². The van der Waals surface area contributed by atoms with Crippen LogP contribution in [0.5, 0.6) is 0 Å². The minimum Gasteiger partial charge on any atom is -0.381 e. The number of nitrogens with two attached hydrogens (primary N) is 1. The zero-order chi connectivity index (χ0) is 25.4. The maximum Gasteiger partial charge on any atom is 0.243 e. The Kier molecular flexibility index (Phi) is 9.37. The van der Waals surface area contributed by atoms with Gasteiger partial charge in [-0.1, -0.05) is 43.2 Å². The van der Waals surface area contributed by atoms with Gasteiger partial charge in [0.25, 0.3) is 0 Å². The minimum absolute atomic E-state index is 0.0504. The number of rotatable bonds is 10. The highest BCUT2D eigenvalue weighted by molar-refractivity contribution is 6.05. The van der Waals surface area contributed by atoms with E-state index in [-0.39, 0.29) is 11.9 Å². The Morgan fingerprint density at radius 3 is 2.31 bits per heavy atom. The lowest BCUT2D eigenvalue weighted by Crippen LogP contribution is -2.57. The van der Waals surface area contributed by atoms with E-state index in [1.807, 2.05) is 30.3 Å². The van der Waals surface area contributed by atoms with Crippen molar-refractivity contribution in [1.29, 1.82) is 0 Å². The van der Waals surface area contributed by atoms with Crippen LogP contribution in [0, 0.1) is 17.3 Å². The van der Waals surface area contributed by atoms with E-state index in [2.05, 4.69) is 16.0 Å². The van der Waals surface area contributed by atoms with Gasteiger partial charge in [0.2, 0.25) is 17.7 Å². The molecular formula is C28H42N4O4. The molecule has 2 saturated heterocycles. The van der Waals surface area contributed by atoms with E-state index < -0.39 is 23.3 Å². The standard InChI is InChI=1S/C28H42N4O4/c29-26(34)28(12-4-5-13-28)27(35)32-24(19-20-6-2-1-3-7-20)25(33)31-23(22-8-14-30-15-9-22)18-21-10-16-36-17-11-21/h1-3,6-7,21-24,30H,4-5,8-19H2,(H2,29,34)(H,31,33)(H,32,35)/t23?,24-/m1/s1. The number of piperidine rings is 1. The summed E-state index contributed by atoms with van der Waals surface area (Å²) in [6.07, 6.45) is 7.82. The summed E-state index contributed by atoms with van der Waals surface area (Å²) in [5.41, 5.74) is 5.45. The van der Waals surface area contributed by atoms with Crippen LogP contribution in [0.1, 0.15) is 63.4 Å². The molecule has 2 aliphatic heterocycles.